The van der Waals surface area contributed by atoms with Crippen LogP contribution in [0, 0.1) is 11.3 Å². The molecule has 1 aromatic carbocycles. The van der Waals surface area contributed by atoms with Crippen LogP contribution in [0.1, 0.15) is 38.2 Å². The molecule has 1 fully saturated rings. The van der Waals surface area contributed by atoms with Gasteiger partial charge in [0.15, 0.2) is 0 Å². The number of methoxy groups -OCH3 is 2. The Morgan fingerprint density at radius 3 is 2.59 bits per heavy atom. The van der Waals surface area contributed by atoms with Gasteiger partial charge in [0.1, 0.15) is 5.75 Å². The van der Waals surface area contributed by atoms with E-state index in [4.69, 9.17) is 9.47 Å². The first-order valence-electron chi connectivity index (χ1n) is 7.90. The molecule has 1 aliphatic carbocycles. The zero-order valence-electron chi connectivity index (χ0n) is 13.9. The smallest absolute Gasteiger partial charge is 0.312 e. The summed E-state index contributed by atoms with van der Waals surface area (Å²) in [5, 5.41) is 0. The normalized spacial score (nSPS) is 24.9. The van der Waals surface area contributed by atoms with Crippen molar-refractivity contribution in [3.63, 3.8) is 0 Å². The molecule has 1 saturated carbocycles. The number of ether oxygens (including phenoxy) is 2. The highest BCUT2D eigenvalue weighted by Gasteiger charge is 2.45. The Labute approximate surface area is 133 Å². The molecule has 3 nitrogen and oxygen atoms in total. The molecule has 22 heavy (non-hydrogen) atoms. The van der Waals surface area contributed by atoms with E-state index in [9.17, 15) is 4.79 Å². The summed E-state index contributed by atoms with van der Waals surface area (Å²) in [4.78, 5) is 12.3. The maximum absolute atomic E-state index is 12.3. The maximum Gasteiger partial charge on any atom is 0.312 e. The van der Waals surface area contributed by atoms with Crippen molar-refractivity contribution >= 4 is 5.97 Å². The minimum absolute atomic E-state index is 0.104. The number of hydrogen-bond acceptors (Lipinski definition) is 3. The number of carbonyl (C=O) groups excluding carboxylic acids is 1. The zero-order valence-corrected chi connectivity index (χ0v) is 13.9. The average Bonchev–Trinajstić information content (AvgIpc) is 2.54. The van der Waals surface area contributed by atoms with Crippen LogP contribution in [0.25, 0.3) is 0 Å². The molecule has 2 atom stereocenters. The molecule has 0 spiro atoms. The first-order chi connectivity index (χ1) is 10.5. The van der Waals surface area contributed by atoms with Crippen molar-refractivity contribution in [3.05, 3.63) is 42.0 Å². The van der Waals surface area contributed by atoms with Gasteiger partial charge in [-0.2, -0.15) is 0 Å². The Balaban J connectivity index is 2.09. The van der Waals surface area contributed by atoms with Gasteiger partial charge >= 0.3 is 5.97 Å². The standard InChI is InChI=1S/C19H26O3/c1-14-6-5-13-19(2,18(20)22-4)17(14)12-9-15-7-10-16(21-3)11-8-15/h7-8,10-11,17H,1,5-6,9,12-13H2,2-4H3. The molecule has 1 aromatic rings. The van der Waals surface area contributed by atoms with Crippen LogP contribution in [0.4, 0.5) is 0 Å². The van der Waals surface area contributed by atoms with Crippen molar-refractivity contribution in [1.29, 1.82) is 0 Å². The molecule has 1 aliphatic rings. The topological polar surface area (TPSA) is 35.5 Å². The Morgan fingerprint density at radius 1 is 1.32 bits per heavy atom. The lowest BCUT2D eigenvalue weighted by molar-refractivity contribution is -0.156. The number of carbonyl (C=O) groups is 1. The van der Waals surface area contributed by atoms with E-state index in [0.717, 1.165) is 37.9 Å². The summed E-state index contributed by atoms with van der Waals surface area (Å²) in [7, 11) is 3.15. The highest BCUT2D eigenvalue weighted by atomic mass is 16.5. The van der Waals surface area contributed by atoms with Gasteiger partial charge in [-0.3, -0.25) is 4.79 Å². The van der Waals surface area contributed by atoms with Crippen molar-refractivity contribution in [2.24, 2.45) is 11.3 Å². The molecule has 0 amide bonds. The lowest BCUT2D eigenvalue weighted by Gasteiger charge is -2.40. The molecular formula is C19H26O3. The second-order valence-electron chi connectivity index (χ2n) is 6.36. The maximum atomic E-state index is 12.3. The van der Waals surface area contributed by atoms with Gasteiger partial charge in [0.2, 0.25) is 0 Å². The summed E-state index contributed by atoms with van der Waals surface area (Å²) in [5.74, 6) is 0.953. The SMILES string of the molecule is C=C1CCCC(C)(C(=O)OC)C1CCc1ccc(OC)cc1. The van der Waals surface area contributed by atoms with Crippen LogP contribution in [0.5, 0.6) is 5.75 Å². The second-order valence-corrected chi connectivity index (χ2v) is 6.36. The van der Waals surface area contributed by atoms with Crippen LogP contribution in [-0.2, 0) is 16.0 Å². The lowest BCUT2D eigenvalue weighted by Crippen LogP contribution is -2.40. The quantitative estimate of drug-likeness (QED) is 0.605. The Morgan fingerprint density at radius 2 is 2.00 bits per heavy atom. The molecule has 2 rings (SSSR count). The molecule has 0 radical (unpaired) electrons. The van der Waals surface area contributed by atoms with E-state index in [1.165, 1.54) is 18.2 Å². The summed E-state index contributed by atoms with van der Waals surface area (Å²) in [5.41, 5.74) is 2.01. The predicted octanol–water partition coefficient (Wildman–Crippen LogP) is 4.16. The van der Waals surface area contributed by atoms with Crippen molar-refractivity contribution in [2.45, 2.75) is 39.0 Å². The third-order valence-electron chi connectivity index (χ3n) is 4.99. The second kappa shape index (κ2) is 6.99. The van der Waals surface area contributed by atoms with Crippen LogP contribution in [0.3, 0.4) is 0 Å². The van der Waals surface area contributed by atoms with Gasteiger partial charge in [0.05, 0.1) is 19.6 Å². The van der Waals surface area contributed by atoms with E-state index >= 15 is 0 Å². The van der Waals surface area contributed by atoms with E-state index in [2.05, 4.69) is 18.7 Å². The lowest BCUT2D eigenvalue weighted by atomic mass is 9.64. The minimum atomic E-state index is -0.434. The van der Waals surface area contributed by atoms with E-state index in [1.54, 1.807) is 7.11 Å². The number of hydrogen-bond donors (Lipinski definition) is 0. The summed E-state index contributed by atoms with van der Waals surface area (Å²) in [6.45, 7) is 6.25. The number of rotatable bonds is 5. The van der Waals surface area contributed by atoms with Gasteiger partial charge in [-0.25, -0.2) is 0 Å². The van der Waals surface area contributed by atoms with Gasteiger partial charge < -0.3 is 9.47 Å². The van der Waals surface area contributed by atoms with E-state index in [-0.39, 0.29) is 11.9 Å². The van der Waals surface area contributed by atoms with Gasteiger partial charge in [-0.15, -0.1) is 0 Å². The van der Waals surface area contributed by atoms with Gasteiger partial charge in [0.25, 0.3) is 0 Å². The fourth-order valence-electron chi connectivity index (χ4n) is 3.59. The number of aryl methyl sites for hydroxylation is 1. The Bertz CT molecular complexity index is 532. The average molecular weight is 302 g/mol. The molecule has 0 N–H and O–H groups in total. The molecule has 0 aliphatic heterocycles. The summed E-state index contributed by atoms with van der Waals surface area (Å²) in [6, 6.07) is 8.12. The number of allylic oxidation sites excluding steroid dienone is 1. The number of esters is 1. The molecule has 2 unspecified atom stereocenters. The molecule has 0 saturated heterocycles. The van der Waals surface area contributed by atoms with Crippen LogP contribution >= 0.6 is 0 Å². The molecule has 0 aromatic heterocycles. The van der Waals surface area contributed by atoms with Crippen LogP contribution in [-0.4, -0.2) is 20.2 Å². The fourth-order valence-corrected chi connectivity index (χ4v) is 3.59. The molecular weight excluding hydrogens is 276 g/mol. The fraction of sp³-hybridized carbons (Fsp3) is 0.526. The minimum Gasteiger partial charge on any atom is -0.497 e. The molecule has 0 heterocycles. The third kappa shape index (κ3) is 3.34. The Kier molecular flexibility index (Phi) is 5.28. The predicted molar refractivity (Wildman–Crippen MR) is 87.9 cm³/mol. The van der Waals surface area contributed by atoms with E-state index in [0.29, 0.717) is 0 Å². The molecule has 120 valence electrons. The zero-order chi connectivity index (χ0) is 16.2. The van der Waals surface area contributed by atoms with Crippen molar-refractivity contribution in [2.75, 3.05) is 14.2 Å². The molecule has 3 heteroatoms. The summed E-state index contributed by atoms with van der Waals surface area (Å²) < 4.78 is 10.2. The van der Waals surface area contributed by atoms with Crippen molar-refractivity contribution < 1.29 is 14.3 Å². The van der Waals surface area contributed by atoms with Crippen molar-refractivity contribution in [1.82, 2.24) is 0 Å². The van der Waals surface area contributed by atoms with Gasteiger partial charge in [-0.05, 0) is 62.6 Å². The van der Waals surface area contributed by atoms with Gasteiger partial charge in [0, 0.05) is 0 Å². The van der Waals surface area contributed by atoms with Crippen LogP contribution in [0.2, 0.25) is 0 Å². The highest BCUT2D eigenvalue weighted by molar-refractivity contribution is 5.77. The molecule has 0 bridgehead atoms. The number of benzene rings is 1. The largest absolute Gasteiger partial charge is 0.497 e. The van der Waals surface area contributed by atoms with Gasteiger partial charge in [-0.1, -0.05) is 24.3 Å². The third-order valence-corrected chi connectivity index (χ3v) is 4.99. The highest BCUT2D eigenvalue weighted by Crippen LogP contribution is 2.46. The summed E-state index contributed by atoms with van der Waals surface area (Å²) >= 11 is 0. The van der Waals surface area contributed by atoms with E-state index < -0.39 is 5.41 Å². The summed E-state index contributed by atoms with van der Waals surface area (Å²) in [6.07, 6.45) is 4.77. The van der Waals surface area contributed by atoms with Crippen molar-refractivity contribution in [3.8, 4) is 5.75 Å². The van der Waals surface area contributed by atoms with Crippen LogP contribution < -0.4 is 4.74 Å². The van der Waals surface area contributed by atoms with E-state index in [1.807, 2.05) is 19.1 Å². The monoisotopic (exact) mass is 302 g/mol. The van der Waals surface area contributed by atoms with Crippen LogP contribution in [0.15, 0.2) is 36.4 Å². The Hall–Kier alpha value is -1.77. The first-order valence-corrected chi connectivity index (χ1v) is 7.90. The first kappa shape index (κ1) is 16.6.